The van der Waals surface area contributed by atoms with Gasteiger partial charge in [0.05, 0.1) is 18.8 Å². The molecule has 2 aromatic rings. The topological polar surface area (TPSA) is 51.6 Å². The maximum atomic E-state index is 9.73. The zero-order valence-electron chi connectivity index (χ0n) is 11.7. The highest BCUT2D eigenvalue weighted by Gasteiger charge is 2.06. The molecule has 0 radical (unpaired) electrons. The number of benzene rings is 1. The van der Waals surface area contributed by atoms with E-state index in [0.717, 1.165) is 16.9 Å². The van der Waals surface area contributed by atoms with Crippen molar-refractivity contribution in [3.05, 3.63) is 53.7 Å². The molecule has 1 heterocycles. The number of methoxy groups -OCH3 is 1. The number of ether oxygens (including phenoxy) is 2. The molecule has 2 rings (SSSR count). The highest BCUT2D eigenvalue weighted by atomic mass is 16.5. The zero-order valence-corrected chi connectivity index (χ0v) is 11.7. The first-order valence-electron chi connectivity index (χ1n) is 6.63. The van der Waals surface area contributed by atoms with E-state index in [-0.39, 0.29) is 0 Å². The molecule has 106 valence electrons. The summed E-state index contributed by atoms with van der Waals surface area (Å²) in [5, 5.41) is 9.73. The molecular weight excluding hydrogens is 254 g/mol. The predicted octanol–water partition coefficient (Wildman–Crippen LogP) is 3.11. The molecule has 0 bridgehead atoms. The lowest BCUT2D eigenvalue weighted by Crippen LogP contribution is -2.00. The second-order valence-electron chi connectivity index (χ2n) is 4.45. The van der Waals surface area contributed by atoms with Crippen LogP contribution in [0.5, 0.6) is 11.6 Å². The minimum atomic E-state index is -0.414. The van der Waals surface area contributed by atoms with Crippen molar-refractivity contribution >= 4 is 0 Å². The van der Waals surface area contributed by atoms with Crippen LogP contribution in [-0.4, -0.2) is 17.2 Å². The first-order chi connectivity index (χ1) is 9.74. The number of pyridine rings is 1. The van der Waals surface area contributed by atoms with Gasteiger partial charge in [0.15, 0.2) is 0 Å². The Morgan fingerprint density at radius 3 is 2.60 bits per heavy atom. The van der Waals surface area contributed by atoms with Crippen LogP contribution >= 0.6 is 0 Å². The molecule has 0 aliphatic carbocycles. The summed E-state index contributed by atoms with van der Waals surface area (Å²) in [4.78, 5) is 4.12. The van der Waals surface area contributed by atoms with Crippen LogP contribution in [0.15, 0.2) is 42.6 Å². The number of aliphatic hydroxyl groups excluding tert-OH is 1. The second kappa shape index (κ2) is 6.91. The Bertz CT molecular complexity index is 540. The van der Waals surface area contributed by atoms with E-state index in [4.69, 9.17) is 9.47 Å². The lowest BCUT2D eigenvalue weighted by Gasteiger charge is -2.11. The van der Waals surface area contributed by atoms with Gasteiger partial charge >= 0.3 is 0 Å². The molecule has 1 atom stereocenters. The number of nitrogens with zero attached hydrogens (tertiary/aromatic N) is 1. The second-order valence-corrected chi connectivity index (χ2v) is 4.45. The SMILES string of the molecule is CC[C@@H](O)c1ccc(OCc2cccnc2OC)cc1. The maximum absolute atomic E-state index is 9.73. The summed E-state index contributed by atoms with van der Waals surface area (Å²) in [6.07, 6.45) is 1.97. The van der Waals surface area contributed by atoms with Crippen LogP contribution in [0.4, 0.5) is 0 Å². The molecule has 0 unspecified atom stereocenters. The lowest BCUT2D eigenvalue weighted by atomic mass is 10.1. The molecule has 0 aliphatic rings. The summed E-state index contributed by atoms with van der Waals surface area (Å²) in [6.45, 7) is 2.34. The number of rotatable bonds is 6. The fraction of sp³-hybridized carbons (Fsp3) is 0.312. The minimum Gasteiger partial charge on any atom is -0.489 e. The van der Waals surface area contributed by atoms with Gasteiger partial charge in [-0.1, -0.05) is 19.1 Å². The number of aromatic nitrogens is 1. The molecule has 20 heavy (non-hydrogen) atoms. The van der Waals surface area contributed by atoms with E-state index in [2.05, 4.69) is 4.98 Å². The van der Waals surface area contributed by atoms with Gasteiger partial charge in [0.25, 0.3) is 0 Å². The van der Waals surface area contributed by atoms with E-state index in [9.17, 15) is 5.11 Å². The standard InChI is InChI=1S/C16H19NO3/c1-3-15(18)12-6-8-14(9-7-12)20-11-13-5-4-10-17-16(13)19-2/h4-10,15,18H,3,11H2,1-2H3/t15-/m1/s1. The van der Waals surface area contributed by atoms with Crippen LogP contribution in [-0.2, 0) is 6.61 Å². The van der Waals surface area contributed by atoms with Crippen LogP contribution in [0.3, 0.4) is 0 Å². The smallest absolute Gasteiger partial charge is 0.219 e. The van der Waals surface area contributed by atoms with Gasteiger partial charge in [-0.3, -0.25) is 0 Å². The van der Waals surface area contributed by atoms with Crippen LogP contribution in [0.1, 0.15) is 30.6 Å². The van der Waals surface area contributed by atoms with Crippen molar-refractivity contribution in [1.82, 2.24) is 4.98 Å². The van der Waals surface area contributed by atoms with Crippen LogP contribution in [0, 0.1) is 0 Å². The molecule has 1 aromatic carbocycles. The summed E-state index contributed by atoms with van der Waals surface area (Å²) < 4.78 is 10.9. The average molecular weight is 273 g/mol. The first kappa shape index (κ1) is 14.3. The third-order valence-electron chi connectivity index (χ3n) is 3.09. The van der Waals surface area contributed by atoms with Crippen LogP contribution < -0.4 is 9.47 Å². The summed E-state index contributed by atoms with van der Waals surface area (Å²) in [5.74, 6) is 1.33. The Kier molecular flexibility index (Phi) is 4.96. The van der Waals surface area contributed by atoms with Crippen molar-refractivity contribution in [2.24, 2.45) is 0 Å². The van der Waals surface area contributed by atoms with Gasteiger partial charge in [-0.05, 0) is 36.2 Å². The summed E-state index contributed by atoms with van der Waals surface area (Å²) >= 11 is 0. The predicted molar refractivity (Wildman–Crippen MR) is 76.8 cm³/mol. The minimum absolute atomic E-state index is 0.396. The van der Waals surface area contributed by atoms with Crippen molar-refractivity contribution in [3.63, 3.8) is 0 Å². The van der Waals surface area contributed by atoms with Crippen molar-refractivity contribution in [1.29, 1.82) is 0 Å². The van der Waals surface area contributed by atoms with E-state index >= 15 is 0 Å². The normalized spacial score (nSPS) is 11.9. The fourth-order valence-corrected chi connectivity index (χ4v) is 1.90. The largest absolute Gasteiger partial charge is 0.489 e. The number of aliphatic hydroxyl groups is 1. The highest BCUT2D eigenvalue weighted by molar-refractivity contribution is 5.30. The molecule has 0 aliphatic heterocycles. The number of hydrogen-bond acceptors (Lipinski definition) is 4. The molecule has 4 nitrogen and oxygen atoms in total. The van der Waals surface area contributed by atoms with E-state index in [1.54, 1.807) is 13.3 Å². The Labute approximate surface area is 119 Å². The van der Waals surface area contributed by atoms with Crippen molar-refractivity contribution in [2.45, 2.75) is 26.1 Å². The summed E-state index contributed by atoms with van der Waals surface area (Å²) in [7, 11) is 1.59. The Morgan fingerprint density at radius 1 is 1.20 bits per heavy atom. The van der Waals surface area contributed by atoms with Crippen LogP contribution in [0.2, 0.25) is 0 Å². The lowest BCUT2D eigenvalue weighted by molar-refractivity contribution is 0.173. The highest BCUT2D eigenvalue weighted by Crippen LogP contribution is 2.21. The van der Waals surface area contributed by atoms with E-state index in [1.807, 2.05) is 43.3 Å². The fourth-order valence-electron chi connectivity index (χ4n) is 1.90. The molecule has 1 N–H and O–H groups in total. The van der Waals surface area contributed by atoms with Crippen LogP contribution in [0.25, 0.3) is 0 Å². The number of hydrogen-bond donors (Lipinski definition) is 1. The van der Waals surface area contributed by atoms with E-state index < -0.39 is 6.10 Å². The monoisotopic (exact) mass is 273 g/mol. The zero-order chi connectivity index (χ0) is 14.4. The first-order valence-corrected chi connectivity index (χ1v) is 6.63. The van der Waals surface area contributed by atoms with Crippen molar-refractivity contribution < 1.29 is 14.6 Å². The van der Waals surface area contributed by atoms with Crippen molar-refractivity contribution in [2.75, 3.05) is 7.11 Å². The Balaban J connectivity index is 2.00. The van der Waals surface area contributed by atoms with E-state index in [0.29, 0.717) is 18.9 Å². The van der Waals surface area contributed by atoms with Gasteiger partial charge in [0.2, 0.25) is 5.88 Å². The molecule has 0 amide bonds. The molecule has 0 fully saturated rings. The summed E-state index contributed by atoms with van der Waals surface area (Å²) in [6, 6.07) is 11.2. The molecule has 0 saturated carbocycles. The molecule has 1 aromatic heterocycles. The van der Waals surface area contributed by atoms with Gasteiger partial charge in [0.1, 0.15) is 12.4 Å². The van der Waals surface area contributed by atoms with Gasteiger partial charge in [-0.25, -0.2) is 4.98 Å². The van der Waals surface area contributed by atoms with Gasteiger partial charge < -0.3 is 14.6 Å². The van der Waals surface area contributed by atoms with Gasteiger partial charge in [-0.15, -0.1) is 0 Å². The third-order valence-corrected chi connectivity index (χ3v) is 3.09. The maximum Gasteiger partial charge on any atom is 0.219 e. The van der Waals surface area contributed by atoms with E-state index in [1.165, 1.54) is 0 Å². The van der Waals surface area contributed by atoms with Gasteiger partial charge in [-0.2, -0.15) is 0 Å². The quantitative estimate of drug-likeness (QED) is 0.878. The average Bonchev–Trinajstić information content (AvgIpc) is 2.53. The Hall–Kier alpha value is -2.07. The Morgan fingerprint density at radius 2 is 1.95 bits per heavy atom. The third kappa shape index (κ3) is 3.48. The molecule has 4 heteroatoms. The summed E-state index contributed by atoms with van der Waals surface area (Å²) in [5.41, 5.74) is 1.80. The molecule has 0 spiro atoms. The van der Waals surface area contributed by atoms with Crippen molar-refractivity contribution in [3.8, 4) is 11.6 Å². The molecular formula is C16H19NO3. The molecule has 0 saturated heterocycles. The van der Waals surface area contributed by atoms with Gasteiger partial charge in [0, 0.05) is 6.20 Å².